The van der Waals surface area contributed by atoms with E-state index < -0.39 is 5.41 Å². The second-order valence-corrected chi connectivity index (χ2v) is 5.69. The number of nitrogens with two attached hydrogens (primary N) is 1. The molecule has 4 atom stereocenters. The molecule has 0 saturated carbocycles. The summed E-state index contributed by atoms with van der Waals surface area (Å²) < 4.78 is 5.34. The lowest BCUT2D eigenvalue weighted by molar-refractivity contribution is -0.142. The fourth-order valence-corrected chi connectivity index (χ4v) is 2.82. The Morgan fingerprint density at radius 1 is 1.50 bits per heavy atom. The summed E-state index contributed by atoms with van der Waals surface area (Å²) in [5, 5.41) is 0. The molecular weight excluding hydrogens is 204 g/mol. The molecule has 2 heterocycles. The Hall–Kier alpha value is -0.610. The molecule has 0 bridgehead atoms. The Labute approximate surface area is 97.1 Å². The summed E-state index contributed by atoms with van der Waals surface area (Å²) >= 11 is 0. The van der Waals surface area contributed by atoms with Crippen molar-refractivity contribution < 1.29 is 9.53 Å². The molecule has 4 heteroatoms. The first-order valence-corrected chi connectivity index (χ1v) is 6.09. The van der Waals surface area contributed by atoms with Gasteiger partial charge in [-0.25, -0.2) is 0 Å². The monoisotopic (exact) mass is 226 g/mol. The van der Waals surface area contributed by atoms with Crippen molar-refractivity contribution in [3.05, 3.63) is 0 Å². The van der Waals surface area contributed by atoms with Crippen molar-refractivity contribution in [3.63, 3.8) is 0 Å². The lowest BCUT2D eigenvalue weighted by Crippen LogP contribution is -2.52. The Bertz CT molecular complexity index is 295. The van der Waals surface area contributed by atoms with Crippen LogP contribution in [0.15, 0.2) is 0 Å². The van der Waals surface area contributed by atoms with Crippen molar-refractivity contribution in [2.45, 2.75) is 39.3 Å². The number of amides is 1. The first-order valence-electron chi connectivity index (χ1n) is 6.09. The van der Waals surface area contributed by atoms with Crippen molar-refractivity contribution in [1.29, 1.82) is 0 Å². The molecule has 2 aliphatic heterocycles. The Morgan fingerprint density at radius 2 is 2.19 bits per heavy atom. The number of nitrogens with zero attached hydrogens (tertiary/aromatic N) is 1. The second kappa shape index (κ2) is 4.00. The topological polar surface area (TPSA) is 55.6 Å². The van der Waals surface area contributed by atoms with Gasteiger partial charge in [-0.05, 0) is 26.2 Å². The number of likely N-dealkylation sites (tertiary alicyclic amines) is 1. The third-order valence-corrected chi connectivity index (χ3v) is 4.05. The van der Waals surface area contributed by atoms with Gasteiger partial charge < -0.3 is 15.4 Å². The van der Waals surface area contributed by atoms with Crippen LogP contribution in [0.4, 0.5) is 0 Å². The van der Waals surface area contributed by atoms with E-state index in [9.17, 15) is 4.79 Å². The average Bonchev–Trinajstić information content (AvgIpc) is 2.71. The van der Waals surface area contributed by atoms with E-state index in [1.54, 1.807) is 0 Å². The standard InChI is InChI=1S/C12H22N2O2/c1-8-4-9(2)14(5-8)11(15)12(3)7-16-6-10(12)13/h8-10H,4-7,13H2,1-3H3. The number of rotatable bonds is 1. The minimum absolute atomic E-state index is 0.164. The summed E-state index contributed by atoms with van der Waals surface area (Å²) in [5.41, 5.74) is 5.47. The SMILES string of the molecule is CC1CC(C)N(C(=O)C2(C)COCC2N)C1. The van der Waals surface area contributed by atoms with E-state index >= 15 is 0 Å². The molecule has 16 heavy (non-hydrogen) atoms. The van der Waals surface area contributed by atoms with Gasteiger partial charge in [-0.2, -0.15) is 0 Å². The van der Waals surface area contributed by atoms with Gasteiger partial charge in [0.2, 0.25) is 5.91 Å². The molecule has 0 radical (unpaired) electrons. The van der Waals surface area contributed by atoms with Crippen LogP contribution in [0.3, 0.4) is 0 Å². The maximum absolute atomic E-state index is 12.5. The molecule has 0 aromatic carbocycles. The van der Waals surface area contributed by atoms with Gasteiger partial charge in [0.1, 0.15) is 0 Å². The van der Waals surface area contributed by atoms with Crippen molar-refractivity contribution >= 4 is 5.91 Å². The highest BCUT2D eigenvalue weighted by Gasteiger charge is 2.48. The smallest absolute Gasteiger partial charge is 0.232 e. The predicted octanol–water partition coefficient (Wildman–Crippen LogP) is 0.607. The summed E-state index contributed by atoms with van der Waals surface area (Å²) in [6.07, 6.45) is 1.10. The Kier molecular flexibility index (Phi) is 2.97. The first-order chi connectivity index (χ1) is 7.45. The van der Waals surface area contributed by atoms with E-state index in [4.69, 9.17) is 10.5 Å². The molecule has 0 aromatic rings. The molecular formula is C12H22N2O2. The quantitative estimate of drug-likeness (QED) is 0.712. The van der Waals surface area contributed by atoms with Gasteiger partial charge in [0.25, 0.3) is 0 Å². The van der Waals surface area contributed by atoms with E-state index in [1.807, 2.05) is 11.8 Å². The minimum Gasteiger partial charge on any atom is -0.379 e. The summed E-state index contributed by atoms with van der Waals surface area (Å²) in [7, 11) is 0. The van der Waals surface area contributed by atoms with E-state index in [-0.39, 0.29) is 11.9 Å². The third kappa shape index (κ3) is 1.74. The minimum atomic E-state index is -0.516. The Morgan fingerprint density at radius 3 is 2.62 bits per heavy atom. The van der Waals surface area contributed by atoms with Crippen molar-refractivity contribution in [2.75, 3.05) is 19.8 Å². The van der Waals surface area contributed by atoms with E-state index in [2.05, 4.69) is 13.8 Å². The second-order valence-electron chi connectivity index (χ2n) is 5.69. The Balaban J connectivity index is 2.13. The van der Waals surface area contributed by atoms with Crippen LogP contribution in [0.2, 0.25) is 0 Å². The van der Waals surface area contributed by atoms with Crippen LogP contribution in [0.5, 0.6) is 0 Å². The zero-order chi connectivity index (χ0) is 11.9. The van der Waals surface area contributed by atoms with E-state index in [1.165, 1.54) is 0 Å². The lowest BCUT2D eigenvalue weighted by Gasteiger charge is -2.33. The van der Waals surface area contributed by atoms with Crippen LogP contribution in [-0.4, -0.2) is 42.6 Å². The molecule has 1 amide bonds. The molecule has 4 nitrogen and oxygen atoms in total. The van der Waals surface area contributed by atoms with Gasteiger partial charge in [0, 0.05) is 18.6 Å². The van der Waals surface area contributed by atoms with E-state index in [0.717, 1.165) is 13.0 Å². The third-order valence-electron chi connectivity index (χ3n) is 4.05. The number of hydrogen-bond acceptors (Lipinski definition) is 3. The van der Waals surface area contributed by atoms with Gasteiger partial charge >= 0.3 is 0 Å². The maximum Gasteiger partial charge on any atom is 0.232 e. The van der Waals surface area contributed by atoms with Gasteiger partial charge in [-0.1, -0.05) is 6.92 Å². The number of ether oxygens (including phenoxy) is 1. The number of carbonyl (C=O) groups excluding carboxylic acids is 1. The summed E-state index contributed by atoms with van der Waals surface area (Å²) in [6, 6.07) is 0.176. The molecule has 0 spiro atoms. The molecule has 2 saturated heterocycles. The molecule has 0 aliphatic carbocycles. The molecule has 0 aromatic heterocycles. The van der Waals surface area contributed by atoms with Crippen LogP contribution >= 0.6 is 0 Å². The van der Waals surface area contributed by atoms with Gasteiger partial charge in [-0.15, -0.1) is 0 Å². The van der Waals surface area contributed by atoms with Crippen LogP contribution in [0.25, 0.3) is 0 Å². The molecule has 2 rings (SSSR count). The van der Waals surface area contributed by atoms with Gasteiger partial charge in [0.05, 0.1) is 18.6 Å². The van der Waals surface area contributed by atoms with Crippen LogP contribution < -0.4 is 5.73 Å². The molecule has 2 aliphatic rings. The molecule has 92 valence electrons. The summed E-state index contributed by atoms with van der Waals surface area (Å²) in [4.78, 5) is 14.5. The zero-order valence-electron chi connectivity index (χ0n) is 10.4. The maximum atomic E-state index is 12.5. The molecule has 2 N–H and O–H groups in total. The highest BCUT2D eigenvalue weighted by molar-refractivity contribution is 5.84. The fraction of sp³-hybridized carbons (Fsp3) is 0.917. The highest BCUT2D eigenvalue weighted by atomic mass is 16.5. The highest BCUT2D eigenvalue weighted by Crippen LogP contribution is 2.33. The lowest BCUT2D eigenvalue weighted by atomic mass is 9.84. The van der Waals surface area contributed by atoms with E-state index in [0.29, 0.717) is 25.2 Å². The number of hydrogen-bond donors (Lipinski definition) is 1. The van der Waals surface area contributed by atoms with Crippen molar-refractivity contribution in [2.24, 2.45) is 17.1 Å². The summed E-state index contributed by atoms with van der Waals surface area (Å²) in [5.74, 6) is 0.774. The summed E-state index contributed by atoms with van der Waals surface area (Å²) in [6.45, 7) is 8.07. The number of carbonyl (C=O) groups is 1. The predicted molar refractivity (Wildman–Crippen MR) is 61.9 cm³/mol. The molecule has 2 fully saturated rings. The first kappa shape index (κ1) is 11.9. The largest absolute Gasteiger partial charge is 0.379 e. The van der Waals surface area contributed by atoms with Crippen LogP contribution in [-0.2, 0) is 9.53 Å². The van der Waals surface area contributed by atoms with Crippen LogP contribution in [0.1, 0.15) is 27.2 Å². The van der Waals surface area contributed by atoms with Gasteiger partial charge in [0.15, 0.2) is 0 Å². The van der Waals surface area contributed by atoms with Crippen LogP contribution in [0, 0.1) is 11.3 Å². The van der Waals surface area contributed by atoms with Gasteiger partial charge in [-0.3, -0.25) is 4.79 Å². The van der Waals surface area contributed by atoms with Crippen molar-refractivity contribution in [1.82, 2.24) is 4.90 Å². The normalized spacial score (nSPS) is 44.0. The zero-order valence-corrected chi connectivity index (χ0v) is 10.4. The molecule has 4 unspecified atom stereocenters. The average molecular weight is 226 g/mol. The fourth-order valence-electron chi connectivity index (χ4n) is 2.82. The van der Waals surface area contributed by atoms with Crippen molar-refractivity contribution in [3.8, 4) is 0 Å².